The van der Waals surface area contributed by atoms with Crippen LogP contribution >= 0.6 is 0 Å². The molecule has 0 bridgehead atoms. The second-order valence-corrected chi connectivity index (χ2v) is 6.36. The van der Waals surface area contributed by atoms with Crippen LogP contribution in [0.1, 0.15) is 39.9 Å². The molecule has 0 unspecified atom stereocenters. The number of fused-ring (bicyclic) bond motifs is 1. The van der Waals surface area contributed by atoms with Crippen molar-refractivity contribution >= 4 is 16.9 Å². The summed E-state index contributed by atoms with van der Waals surface area (Å²) in [4.78, 5) is 9.39. The number of aryl methyl sites for hydroxylation is 1. The van der Waals surface area contributed by atoms with E-state index in [1.54, 1.807) is 11.8 Å². The molecule has 2 rings (SSSR count). The van der Waals surface area contributed by atoms with E-state index in [1.165, 1.54) is 0 Å². The van der Waals surface area contributed by atoms with Crippen molar-refractivity contribution < 1.29 is 4.74 Å². The summed E-state index contributed by atoms with van der Waals surface area (Å²) in [7, 11) is 3.61. The molecule has 0 aliphatic rings. The number of hydrogen-bond donors (Lipinski definition) is 1. The zero-order valence-electron chi connectivity index (χ0n) is 13.8. The zero-order valence-corrected chi connectivity index (χ0v) is 13.8. The van der Waals surface area contributed by atoms with Crippen molar-refractivity contribution in [3.05, 3.63) is 12.0 Å². The Kier molecular flexibility index (Phi) is 4.46. The molecule has 1 N–H and O–H groups in total. The molecular weight excluding hydrogens is 266 g/mol. The van der Waals surface area contributed by atoms with Gasteiger partial charge < -0.3 is 10.1 Å². The van der Waals surface area contributed by atoms with Gasteiger partial charge in [-0.3, -0.25) is 4.68 Å². The normalized spacial score (nSPS) is 13.6. The molecule has 6 nitrogen and oxygen atoms in total. The molecule has 0 amide bonds. The van der Waals surface area contributed by atoms with Gasteiger partial charge in [-0.25, -0.2) is 9.97 Å². The molecule has 2 aromatic heterocycles. The first-order valence-corrected chi connectivity index (χ1v) is 7.32. The molecule has 116 valence electrons. The van der Waals surface area contributed by atoms with Crippen LogP contribution in [0.5, 0.6) is 0 Å². The highest BCUT2D eigenvalue weighted by atomic mass is 16.5. The number of anilines is 1. The Morgan fingerprint density at radius 3 is 2.62 bits per heavy atom. The highest BCUT2D eigenvalue weighted by Crippen LogP contribution is 2.26. The first-order valence-electron chi connectivity index (χ1n) is 7.32. The number of nitrogens with zero attached hydrogens (tertiary/aromatic N) is 4. The standard InChI is InChI=1S/C15H25N5O/c1-7-10(9-21-6)17-12-11-8-16-20(5)13(11)19-14(18-12)15(2,3)4/h8,10H,7,9H2,1-6H3,(H,17,18,19)/t10-/m0/s1. The fourth-order valence-corrected chi connectivity index (χ4v) is 2.12. The van der Waals surface area contributed by atoms with E-state index in [9.17, 15) is 0 Å². The molecule has 21 heavy (non-hydrogen) atoms. The SMILES string of the molecule is CC[C@@H](COC)Nc1nc(C(C)(C)C)nc2c1cnn2C. The van der Waals surface area contributed by atoms with Crippen molar-refractivity contribution in [1.29, 1.82) is 0 Å². The summed E-state index contributed by atoms with van der Waals surface area (Å²) >= 11 is 0. The summed E-state index contributed by atoms with van der Waals surface area (Å²) in [6, 6.07) is 0.223. The maximum Gasteiger partial charge on any atom is 0.163 e. The Bertz CT molecular complexity index is 614. The number of nitrogens with one attached hydrogen (secondary N) is 1. The molecule has 0 aromatic carbocycles. The molecule has 2 aromatic rings. The lowest BCUT2D eigenvalue weighted by molar-refractivity contribution is 0.184. The minimum absolute atomic E-state index is 0.113. The van der Waals surface area contributed by atoms with Gasteiger partial charge >= 0.3 is 0 Å². The van der Waals surface area contributed by atoms with Crippen molar-refractivity contribution in [3.8, 4) is 0 Å². The van der Waals surface area contributed by atoms with E-state index < -0.39 is 0 Å². The van der Waals surface area contributed by atoms with Crippen LogP contribution in [0.25, 0.3) is 11.0 Å². The Hall–Kier alpha value is -1.69. The fourth-order valence-electron chi connectivity index (χ4n) is 2.12. The highest BCUT2D eigenvalue weighted by molar-refractivity contribution is 5.86. The van der Waals surface area contributed by atoms with Gasteiger partial charge in [-0.2, -0.15) is 5.10 Å². The van der Waals surface area contributed by atoms with Gasteiger partial charge in [0.15, 0.2) is 5.65 Å². The van der Waals surface area contributed by atoms with Gasteiger partial charge in [0, 0.05) is 19.6 Å². The Balaban J connectivity index is 2.50. The molecule has 0 spiro atoms. The lowest BCUT2D eigenvalue weighted by Crippen LogP contribution is -2.26. The van der Waals surface area contributed by atoms with E-state index >= 15 is 0 Å². The Morgan fingerprint density at radius 2 is 2.05 bits per heavy atom. The van der Waals surface area contributed by atoms with Crippen molar-refractivity contribution in [2.24, 2.45) is 7.05 Å². The molecule has 2 heterocycles. The molecule has 0 fully saturated rings. The summed E-state index contributed by atoms with van der Waals surface area (Å²) in [5, 5.41) is 8.72. The number of methoxy groups -OCH3 is 1. The van der Waals surface area contributed by atoms with Gasteiger partial charge in [-0.15, -0.1) is 0 Å². The summed E-state index contributed by atoms with van der Waals surface area (Å²) in [6.45, 7) is 9.11. The maximum absolute atomic E-state index is 5.26. The third-order valence-corrected chi connectivity index (χ3v) is 3.46. The predicted octanol–water partition coefficient (Wildman–Crippen LogP) is 2.50. The van der Waals surface area contributed by atoms with Gasteiger partial charge in [-0.1, -0.05) is 27.7 Å². The number of aromatic nitrogens is 4. The van der Waals surface area contributed by atoms with Crippen LogP contribution in [0, 0.1) is 0 Å². The molecule has 6 heteroatoms. The zero-order chi connectivity index (χ0) is 15.6. The average molecular weight is 291 g/mol. The minimum atomic E-state index is -0.113. The fraction of sp³-hybridized carbons (Fsp3) is 0.667. The van der Waals surface area contributed by atoms with Gasteiger partial charge in [-0.05, 0) is 6.42 Å². The van der Waals surface area contributed by atoms with E-state index in [2.05, 4.69) is 43.1 Å². The van der Waals surface area contributed by atoms with Crippen molar-refractivity contribution in [1.82, 2.24) is 19.7 Å². The van der Waals surface area contributed by atoms with Crippen molar-refractivity contribution in [2.75, 3.05) is 19.0 Å². The van der Waals surface area contributed by atoms with E-state index in [-0.39, 0.29) is 11.5 Å². The van der Waals surface area contributed by atoms with Crippen LogP contribution in [0.3, 0.4) is 0 Å². The molecule has 0 aliphatic heterocycles. The third kappa shape index (κ3) is 3.32. The minimum Gasteiger partial charge on any atom is -0.383 e. The number of rotatable bonds is 5. The largest absolute Gasteiger partial charge is 0.383 e. The third-order valence-electron chi connectivity index (χ3n) is 3.46. The van der Waals surface area contributed by atoms with E-state index in [0.29, 0.717) is 6.61 Å². The lowest BCUT2D eigenvalue weighted by Gasteiger charge is -2.21. The maximum atomic E-state index is 5.26. The van der Waals surface area contributed by atoms with Crippen molar-refractivity contribution in [2.45, 2.75) is 45.6 Å². The first kappa shape index (κ1) is 15.7. The molecule has 1 atom stereocenters. The predicted molar refractivity (Wildman–Crippen MR) is 84.6 cm³/mol. The van der Waals surface area contributed by atoms with Crippen LogP contribution in [-0.4, -0.2) is 39.5 Å². The number of ether oxygens (including phenoxy) is 1. The molecule has 0 saturated heterocycles. The summed E-state index contributed by atoms with van der Waals surface area (Å²) in [5.41, 5.74) is 0.738. The summed E-state index contributed by atoms with van der Waals surface area (Å²) in [5.74, 6) is 1.65. The second kappa shape index (κ2) is 5.97. The second-order valence-electron chi connectivity index (χ2n) is 6.36. The molecule has 0 saturated carbocycles. The van der Waals surface area contributed by atoms with Gasteiger partial charge in [0.05, 0.1) is 24.2 Å². The quantitative estimate of drug-likeness (QED) is 0.917. The average Bonchev–Trinajstić information content (AvgIpc) is 2.79. The monoisotopic (exact) mass is 291 g/mol. The van der Waals surface area contributed by atoms with Crippen LogP contribution in [0.4, 0.5) is 5.82 Å². The van der Waals surface area contributed by atoms with Gasteiger partial charge in [0.2, 0.25) is 0 Å². The van der Waals surface area contributed by atoms with Crippen LogP contribution in [0.15, 0.2) is 6.20 Å². The van der Waals surface area contributed by atoms with Gasteiger partial charge in [0.25, 0.3) is 0 Å². The smallest absolute Gasteiger partial charge is 0.163 e. The van der Waals surface area contributed by atoms with Crippen molar-refractivity contribution in [3.63, 3.8) is 0 Å². The van der Waals surface area contributed by atoms with E-state index in [4.69, 9.17) is 9.72 Å². The van der Waals surface area contributed by atoms with Crippen LogP contribution in [0.2, 0.25) is 0 Å². The van der Waals surface area contributed by atoms with Gasteiger partial charge in [0.1, 0.15) is 11.6 Å². The molecule has 0 aliphatic carbocycles. The summed E-state index contributed by atoms with van der Waals surface area (Å²) < 4.78 is 7.04. The number of hydrogen-bond acceptors (Lipinski definition) is 5. The molecule has 0 radical (unpaired) electrons. The molecular formula is C15H25N5O. The van der Waals surface area contributed by atoms with Crippen LogP contribution < -0.4 is 5.32 Å². The van der Waals surface area contributed by atoms with Crippen LogP contribution in [-0.2, 0) is 17.2 Å². The lowest BCUT2D eigenvalue weighted by atomic mass is 9.95. The summed E-state index contributed by atoms with van der Waals surface area (Å²) in [6.07, 6.45) is 2.77. The van der Waals surface area contributed by atoms with E-state index in [1.807, 2.05) is 13.2 Å². The Morgan fingerprint density at radius 1 is 1.33 bits per heavy atom. The highest BCUT2D eigenvalue weighted by Gasteiger charge is 2.22. The topological polar surface area (TPSA) is 64.9 Å². The first-order chi connectivity index (χ1) is 9.86. The Labute approximate surface area is 125 Å². The van der Waals surface area contributed by atoms with E-state index in [0.717, 1.165) is 29.1 Å².